The Balaban J connectivity index is 1.66. The van der Waals surface area contributed by atoms with E-state index >= 15 is 0 Å². The van der Waals surface area contributed by atoms with Crippen LogP contribution in [-0.4, -0.2) is 57.6 Å². The number of nitrogens with one attached hydrogen (secondary N) is 1. The van der Waals surface area contributed by atoms with Gasteiger partial charge in [0.25, 0.3) is 0 Å². The zero-order valence-electron chi connectivity index (χ0n) is 17.5. The van der Waals surface area contributed by atoms with E-state index in [1.54, 1.807) is 6.92 Å². The Bertz CT molecular complexity index is 903. The lowest BCUT2D eigenvalue weighted by atomic mass is 9.96. The highest BCUT2D eigenvalue weighted by Gasteiger charge is 2.41. The molecule has 2 unspecified atom stereocenters. The van der Waals surface area contributed by atoms with Crippen molar-refractivity contribution in [2.75, 3.05) is 6.54 Å². The van der Waals surface area contributed by atoms with Gasteiger partial charge in [0.15, 0.2) is 0 Å². The first kappa shape index (κ1) is 22.5. The molecule has 1 fully saturated rings. The number of likely N-dealkylation sites (tertiary alicyclic amines) is 1. The van der Waals surface area contributed by atoms with Crippen LogP contribution in [0.5, 0.6) is 0 Å². The summed E-state index contributed by atoms with van der Waals surface area (Å²) in [6, 6.07) is 16.5. The number of carboxylic acid groups (broad SMARTS) is 2. The third-order valence-corrected chi connectivity index (χ3v) is 5.82. The topological polar surface area (TPSA) is 107 Å². The molecule has 0 bridgehead atoms. The molecule has 0 saturated carbocycles. The summed E-state index contributed by atoms with van der Waals surface area (Å²) in [6.45, 7) is 1.89. The minimum Gasteiger partial charge on any atom is -0.480 e. The molecule has 2 aromatic rings. The highest BCUT2D eigenvalue weighted by molar-refractivity contribution is 5.88. The number of carbonyl (C=O) groups excluding carboxylic acids is 1. The third-order valence-electron chi connectivity index (χ3n) is 5.82. The van der Waals surface area contributed by atoms with Crippen LogP contribution in [0.2, 0.25) is 0 Å². The Morgan fingerprint density at radius 3 is 2.23 bits per heavy atom. The number of benzene rings is 2. The van der Waals surface area contributed by atoms with Crippen LogP contribution in [0.25, 0.3) is 0 Å². The first-order chi connectivity index (χ1) is 14.9. The molecule has 3 N–H and O–H groups in total. The first-order valence-electron chi connectivity index (χ1n) is 10.5. The molecule has 1 aliphatic rings. The summed E-state index contributed by atoms with van der Waals surface area (Å²) in [6.07, 6.45) is 1.23. The van der Waals surface area contributed by atoms with Crippen molar-refractivity contribution in [2.24, 2.45) is 0 Å². The minimum absolute atomic E-state index is 0.0631. The molecule has 0 spiro atoms. The van der Waals surface area contributed by atoms with E-state index in [2.05, 4.69) is 5.32 Å². The lowest BCUT2D eigenvalue weighted by molar-refractivity contribution is -0.149. The molecule has 4 atom stereocenters. The summed E-state index contributed by atoms with van der Waals surface area (Å²) in [5, 5.41) is 22.1. The van der Waals surface area contributed by atoms with Gasteiger partial charge in [-0.15, -0.1) is 0 Å². The van der Waals surface area contributed by atoms with Gasteiger partial charge < -0.3 is 15.1 Å². The summed E-state index contributed by atoms with van der Waals surface area (Å²) in [4.78, 5) is 38.0. The lowest BCUT2D eigenvalue weighted by Gasteiger charge is -2.27. The first-order valence-corrected chi connectivity index (χ1v) is 10.5. The number of hydrogen-bond acceptors (Lipinski definition) is 4. The summed E-state index contributed by atoms with van der Waals surface area (Å²) in [5.74, 6) is -2.53. The number of carboxylic acids is 2. The normalized spacial score (nSPS) is 20.2. The molecule has 0 aromatic heterocycles. The van der Waals surface area contributed by atoms with Crippen molar-refractivity contribution in [3.05, 3.63) is 71.8 Å². The van der Waals surface area contributed by atoms with Crippen molar-refractivity contribution in [2.45, 2.75) is 50.2 Å². The maximum Gasteiger partial charge on any atom is 0.326 e. The molecule has 1 aliphatic heterocycles. The Labute approximate surface area is 181 Å². The molecule has 1 heterocycles. The maximum absolute atomic E-state index is 13.1. The summed E-state index contributed by atoms with van der Waals surface area (Å²) < 4.78 is 0. The highest BCUT2D eigenvalue weighted by atomic mass is 16.4. The van der Waals surface area contributed by atoms with Crippen LogP contribution >= 0.6 is 0 Å². The fourth-order valence-electron chi connectivity index (χ4n) is 4.14. The highest BCUT2D eigenvalue weighted by Crippen LogP contribution is 2.32. The van der Waals surface area contributed by atoms with Crippen LogP contribution < -0.4 is 5.32 Å². The van der Waals surface area contributed by atoms with E-state index in [9.17, 15) is 24.6 Å². The minimum atomic E-state index is -1.04. The van der Waals surface area contributed by atoms with Gasteiger partial charge in [-0.3, -0.25) is 14.9 Å². The van der Waals surface area contributed by atoms with Gasteiger partial charge in [0, 0.05) is 12.5 Å². The Hall–Kier alpha value is -3.19. The Morgan fingerprint density at radius 1 is 1.03 bits per heavy atom. The van der Waals surface area contributed by atoms with Gasteiger partial charge in [-0.05, 0) is 37.3 Å². The number of hydrogen-bond donors (Lipinski definition) is 3. The van der Waals surface area contributed by atoms with Gasteiger partial charge in [0.2, 0.25) is 5.91 Å². The maximum atomic E-state index is 13.1. The molecule has 1 amide bonds. The fourth-order valence-corrected chi connectivity index (χ4v) is 4.14. The fraction of sp³-hybridized carbons (Fsp3) is 0.375. The molecule has 31 heavy (non-hydrogen) atoms. The molecular weight excluding hydrogens is 396 g/mol. The molecular formula is C24H28N2O5. The van der Waals surface area contributed by atoms with Crippen LogP contribution in [0.3, 0.4) is 0 Å². The van der Waals surface area contributed by atoms with Crippen molar-refractivity contribution >= 4 is 17.8 Å². The van der Waals surface area contributed by atoms with Crippen LogP contribution in [0, 0.1) is 0 Å². The molecule has 0 aliphatic carbocycles. The Kier molecular flexibility index (Phi) is 7.41. The summed E-state index contributed by atoms with van der Waals surface area (Å²) in [7, 11) is 0. The number of aryl methyl sites for hydroxylation is 1. The monoisotopic (exact) mass is 424 g/mol. The number of carbonyl (C=O) groups is 3. The summed E-state index contributed by atoms with van der Waals surface area (Å²) in [5.41, 5.74) is 2.02. The van der Waals surface area contributed by atoms with E-state index in [1.807, 2.05) is 60.7 Å². The average molecular weight is 424 g/mol. The predicted molar refractivity (Wildman–Crippen MR) is 116 cm³/mol. The van der Waals surface area contributed by atoms with Crippen molar-refractivity contribution in [1.29, 1.82) is 0 Å². The molecule has 7 heteroatoms. The molecule has 164 valence electrons. The van der Waals surface area contributed by atoms with Gasteiger partial charge >= 0.3 is 11.9 Å². The van der Waals surface area contributed by atoms with E-state index in [0.29, 0.717) is 25.8 Å². The second kappa shape index (κ2) is 10.2. The number of rotatable bonds is 9. The van der Waals surface area contributed by atoms with Gasteiger partial charge in [0.05, 0.1) is 6.04 Å². The van der Waals surface area contributed by atoms with Gasteiger partial charge in [-0.2, -0.15) is 0 Å². The van der Waals surface area contributed by atoms with Crippen molar-refractivity contribution in [3.63, 3.8) is 0 Å². The van der Waals surface area contributed by atoms with Crippen LogP contribution in [-0.2, 0) is 20.8 Å². The van der Waals surface area contributed by atoms with Gasteiger partial charge in [0.1, 0.15) is 12.1 Å². The molecule has 3 rings (SSSR count). The number of aliphatic carboxylic acids is 2. The molecule has 2 aromatic carbocycles. The van der Waals surface area contributed by atoms with Gasteiger partial charge in [-0.1, -0.05) is 60.7 Å². The largest absolute Gasteiger partial charge is 0.480 e. The van der Waals surface area contributed by atoms with Crippen LogP contribution in [0.4, 0.5) is 0 Å². The van der Waals surface area contributed by atoms with E-state index in [4.69, 9.17) is 0 Å². The molecule has 0 radical (unpaired) electrons. The van der Waals surface area contributed by atoms with E-state index in [0.717, 1.165) is 11.1 Å². The Morgan fingerprint density at radius 2 is 1.65 bits per heavy atom. The summed E-state index contributed by atoms with van der Waals surface area (Å²) >= 11 is 0. The van der Waals surface area contributed by atoms with Gasteiger partial charge in [-0.25, -0.2) is 4.79 Å². The molecule has 1 saturated heterocycles. The molecule has 7 nitrogen and oxygen atoms in total. The van der Waals surface area contributed by atoms with Crippen molar-refractivity contribution in [1.82, 2.24) is 10.2 Å². The third kappa shape index (κ3) is 5.70. The predicted octanol–water partition coefficient (Wildman–Crippen LogP) is 2.52. The quantitative estimate of drug-likeness (QED) is 0.571. The smallest absolute Gasteiger partial charge is 0.326 e. The zero-order chi connectivity index (χ0) is 22.4. The second-order valence-electron chi connectivity index (χ2n) is 7.99. The number of nitrogens with zero attached hydrogens (tertiary/aromatic N) is 1. The average Bonchev–Trinajstić information content (AvgIpc) is 3.23. The van der Waals surface area contributed by atoms with E-state index in [-0.39, 0.29) is 5.92 Å². The SMILES string of the molecule is C[C@H](NC(CCc1ccccc1)C(=O)O)C(=O)N1CC(c2ccccc2)C[C@H]1C(=O)O. The second-order valence-corrected chi connectivity index (χ2v) is 7.99. The number of amides is 1. The van der Waals surface area contributed by atoms with Crippen molar-refractivity contribution < 1.29 is 24.6 Å². The van der Waals surface area contributed by atoms with Crippen LogP contribution in [0.15, 0.2) is 60.7 Å². The lowest BCUT2D eigenvalue weighted by Crippen LogP contribution is -2.53. The zero-order valence-corrected chi connectivity index (χ0v) is 17.5. The standard InChI is InChI=1S/C24H28N2O5/c1-16(25-20(23(28)29)13-12-17-8-4-2-5-9-17)22(27)26-15-19(14-21(26)24(30)31)18-10-6-3-7-11-18/h2-11,16,19-21,25H,12-15H2,1H3,(H,28,29)(H,30,31)/t16-,19?,20?,21-/m0/s1. The van der Waals surface area contributed by atoms with Crippen LogP contribution in [0.1, 0.15) is 36.8 Å². The van der Waals surface area contributed by atoms with Crippen molar-refractivity contribution in [3.8, 4) is 0 Å². The van der Waals surface area contributed by atoms with E-state index in [1.165, 1.54) is 4.90 Å². The van der Waals surface area contributed by atoms with E-state index < -0.39 is 36.0 Å².